The molecule has 0 saturated carbocycles. The van der Waals surface area contributed by atoms with Crippen molar-refractivity contribution in [2.24, 2.45) is 0 Å². The van der Waals surface area contributed by atoms with E-state index >= 15 is 0 Å². The van der Waals surface area contributed by atoms with Gasteiger partial charge < -0.3 is 10.6 Å². The molecule has 152 valence electrons. The van der Waals surface area contributed by atoms with Gasteiger partial charge in [0.15, 0.2) is 9.84 Å². The van der Waals surface area contributed by atoms with E-state index in [-0.39, 0.29) is 10.6 Å². The van der Waals surface area contributed by atoms with Gasteiger partial charge in [0, 0.05) is 22.3 Å². The third kappa shape index (κ3) is 4.67. The van der Waals surface area contributed by atoms with Gasteiger partial charge in [0.2, 0.25) is 0 Å². The smallest absolute Gasteiger partial charge is 0.178 e. The Hall–Kier alpha value is -3.23. The van der Waals surface area contributed by atoms with Gasteiger partial charge in [-0.1, -0.05) is 31.2 Å². The van der Waals surface area contributed by atoms with Crippen molar-refractivity contribution in [2.45, 2.75) is 11.8 Å². The molecule has 0 amide bonds. The van der Waals surface area contributed by atoms with Gasteiger partial charge in [-0.2, -0.15) is 0 Å². The molecule has 0 aliphatic rings. The maximum Gasteiger partial charge on any atom is 0.178 e. The number of rotatable bonds is 7. The molecule has 0 unspecified atom stereocenters. The Kier molecular flexibility index (Phi) is 5.78. The Balaban J connectivity index is 1.49. The van der Waals surface area contributed by atoms with Crippen molar-refractivity contribution in [3.05, 3.63) is 78.4 Å². The van der Waals surface area contributed by atoms with E-state index in [1.807, 2.05) is 18.2 Å². The molecule has 6 nitrogen and oxygen atoms in total. The van der Waals surface area contributed by atoms with Crippen LogP contribution in [-0.2, 0) is 9.84 Å². The number of hydrogen-bond donors (Lipinski definition) is 2. The van der Waals surface area contributed by atoms with Crippen LogP contribution < -0.4 is 10.6 Å². The molecule has 0 bridgehead atoms. The lowest BCUT2D eigenvalue weighted by Crippen LogP contribution is -2.04. The van der Waals surface area contributed by atoms with E-state index in [2.05, 4.69) is 44.2 Å². The van der Waals surface area contributed by atoms with Crippen LogP contribution in [0.3, 0.4) is 0 Å². The molecule has 2 aromatic heterocycles. The Labute approximate surface area is 179 Å². The van der Waals surface area contributed by atoms with Gasteiger partial charge in [-0.15, -0.1) is 11.3 Å². The monoisotopic (exact) mass is 436 g/mol. The molecular formula is C22H20N4O2S2. The largest absolute Gasteiger partial charge is 0.340 e. The first kappa shape index (κ1) is 20.1. The van der Waals surface area contributed by atoms with Gasteiger partial charge in [-0.3, -0.25) is 0 Å². The minimum atomic E-state index is -3.27. The maximum atomic E-state index is 12.1. The molecule has 0 fully saturated rings. The zero-order chi connectivity index (χ0) is 21.0. The minimum Gasteiger partial charge on any atom is -0.340 e. The van der Waals surface area contributed by atoms with Gasteiger partial charge in [-0.25, -0.2) is 18.4 Å². The predicted molar refractivity (Wildman–Crippen MR) is 123 cm³/mol. The fraction of sp³-hybridized carbons (Fsp3) is 0.0909. The van der Waals surface area contributed by atoms with Crippen molar-refractivity contribution in [1.82, 2.24) is 9.97 Å². The van der Waals surface area contributed by atoms with Gasteiger partial charge in [0.25, 0.3) is 0 Å². The predicted octanol–water partition coefficient (Wildman–Crippen LogP) is 5.49. The molecule has 0 radical (unpaired) electrons. The highest BCUT2D eigenvalue weighted by molar-refractivity contribution is 7.91. The van der Waals surface area contributed by atoms with E-state index in [1.54, 1.807) is 48.6 Å². The lowest BCUT2D eigenvalue weighted by molar-refractivity contribution is 0.597. The molecule has 4 aromatic rings. The van der Waals surface area contributed by atoms with Crippen molar-refractivity contribution in [3.8, 4) is 10.4 Å². The maximum absolute atomic E-state index is 12.1. The summed E-state index contributed by atoms with van der Waals surface area (Å²) in [7, 11) is -3.27. The van der Waals surface area contributed by atoms with Crippen LogP contribution in [-0.4, -0.2) is 24.1 Å². The van der Waals surface area contributed by atoms with Crippen LogP contribution in [0.5, 0.6) is 0 Å². The number of sulfone groups is 1. The third-order valence-electron chi connectivity index (χ3n) is 4.48. The zero-order valence-electron chi connectivity index (χ0n) is 16.2. The van der Waals surface area contributed by atoms with Crippen LogP contribution in [0.2, 0.25) is 0 Å². The number of nitrogens with one attached hydrogen (secondary N) is 2. The number of benzene rings is 2. The SMILES string of the molecule is CCS(=O)(=O)c1cccc(Nc2cc(Nc3ccc(-c4cccs4)cc3)ncn2)c1. The lowest BCUT2D eigenvalue weighted by atomic mass is 10.2. The van der Waals surface area contributed by atoms with E-state index in [4.69, 9.17) is 0 Å². The van der Waals surface area contributed by atoms with E-state index in [0.29, 0.717) is 17.3 Å². The van der Waals surface area contributed by atoms with Crippen molar-refractivity contribution in [1.29, 1.82) is 0 Å². The van der Waals surface area contributed by atoms with Crippen LogP contribution in [0.4, 0.5) is 23.0 Å². The summed E-state index contributed by atoms with van der Waals surface area (Å²) in [5.41, 5.74) is 2.73. The second-order valence-corrected chi connectivity index (χ2v) is 9.75. The van der Waals surface area contributed by atoms with E-state index in [9.17, 15) is 8.42 Å². The van der Waals surface area contributed by atoms with Crippen LogP contribution in [0.25, 0.3) is 10.4 Å². The summed E-state index contributed by atoms with van der Waals surface area (Å²) in [4.78, 5) is 10.00. The van der Waals surface area contributed by atoms with Crippen molar-refractivity contribution >= 4 is 44.2 Å². The molecule has 0 aliphatic carbocycles. The quantitative estimate of drug-likeness (QED) is 0.399. The highest BCUT2D eigenvalue weighted by Crippen LogP contribution is 2.27. The molecule has 0 spiro atoms. The van der Waals surface area contributed by atoms with Crippen LogP contribution in [0.15, 0.2) is 83.3 Å². The normalized spacial score (nSPS) is 11.2. The summed E-state index contributed by atoms with van der Waals surface area (Å²) in [5.74, 6) is 1.26. The van der Waals surface area contributed by atoms with E-state index in [1.165, 1.54) is 16.8 Å². The first-order chi connectivity index (χ1) is 14.5. The average molecular weight is 437 g/mol. The summed E-state index contributed by atoms with van der Waals surface area (Å²) < 4.78 is 24.2. The topological polar surface area (TPSA) is 84.0 Å². The Morgan fingerprint density at radius 2 is 1.60 bits per heavy atom. The molecular weight excluding hydrogens is 416 g/mol. The third-order valence-corrected chi connectivity index (χ3v) is 7.13. The molecule has 0 saturated heterocycles. The first-order valence-electron chi connectivity index (χ1n) is 9.36. The second-order valence-electron chi connectivity index (χ2n) is 6.52. The van der Waals surface area contributed by atoms with Gasteiger partial charge in [0.1, 0.15) is 18.0 Å². The van der Waals surface area contributed by atoms with Crippen LogP contribution in [0.1, 0.15) is 6.92 Å². The fourth-order valence-corrected chi connectivity index (χ4v) is 4.54. The minimum absolute atomic E-state index is 0.0588. The molecule has 4 rings (SSSR count). The van der Waals surface area contributed by atoms with Crippen LogP contribution in [0, 0.1) is 0 Å². The molecule has 2 heterocycles. The fourth-order valence-electron chi connectivity index (χ4n) is 2.88. The van der Waals surface area contributed by atoms with Gasteiger partial charge in [0.05, 0.1) is 10.6 Å². The number of nitrogens with zero attached hydrogens (tertiary/aromatic N) is 2. The summed E-state index contributed by atoms with van der Waals surface area (Å²) in [5, 5.41) is 8.46. The lowest BCUT2D eigenvalue weighted by Gasteiger charge is -2.10. The highest BCUT2D eigenvalue weighted by atomic mass is 32.2. The summed E-state index contributed by atoms with van der Waals surface area (Å²) in [6.07, 6.45) is 1.46. The van der Waals surface area contributed by atoms with Gasteiger partial charge >= 0.3 is 0 Å². The van der Waals surface area contributed by atoms with Gasteiger partial charge in [-0.05, 0) is 47.3 Å². The van der Waals surface area contributed by atoms with Crippen LogP contribution >= 0.6 is 11.3 Å². The number of hydrogen-bond acceptors (Lipinski definition) is 7. The number of thiophene rings is 1. The summed E-state index contributed by atoms with van der Waals surface area (Å²) in [6, 6.07) is 20.7. The standard InChI is InChI=1S/C22H20N4O2S2/c1-2-30(27,28)19-6-3-5-18(13-19)26-22-14-21(23-15-24-22)25-17-10-8-16(9-11-17)20-7-4-12-29-20/h3-15H,2H2,1H3,(H2,23,24,25,26). The Bertz CT molecular complexity index is 1240. The van der Waals surface area contributed by atoms with E-state index < -0.39 is 9.84 Å². The molecule has 2 N–H and O–H groups in total. The zero-order valence-corrected chi connectivity index (χ0v) is 17.9. The van der Waals surface area contributed by atoms with E-state index in [0.717, 1.165) is 5.69 Å². The molecule has 2 aromatic carbocycles. The molecule has 0 atom stereocenters. The first-order valence-corrected chi connectivity index (χ1v) is 11.9. The van der Waals surface area contributed by atoms with Crippen molar-refractivity contribution in [2.75, 3.05) is 16.4 Å². The highest BCUT2D eigenvalue weighted by Gasteiger charge is 2.12. The number of aromatic nitrogens is 2. The molecule has 8 heteroatoms. The Morgan fingerprint density at radius 3 is 2.27 bits per heavy atom. The molecule has 30 heavy (non-hydrogen) atoms. The van der Waals surface area contributed by atoms with Crippen molar-refractivity contribution < 1.29 is 8.42 Å². The van der Waals surface area contributed by atoms with Crippen molar-refractivity contribution in [3.63, 3.8) is 0 Å². The Morgan fingerprint density at radius 1 is 0.867 bits per heavy atom. The molecule has 0 aliphatic heterocycles. The second kappa shape index (κ2) is 8.64. The summed E-state index contributed by atoms with van der Waals surface area (Å²) >= 11 is 1.71. The average Bonchev–Trinajstić information content (AvgIpc) is 3.30. The number of anilines is 4. The summed E-state index contributed by atoms with van der Waals surface area (Å²) in [6.45, 7) is 1.63.